The minimum atomic E-state index is -1.27. The van der Waals surface area contributed by atoms with Gasteiger partial charge in [0.2, 0.25) is 0 Å². The summed E-state index contributed by atoms with van der Waals surface area (Å²) in [5, 5.41) is 12.6. The molecule has 1 spiro atoms. The lowest BCUT2D eigenvalue weighted by atomic mass is 9.42. The maximum Gasteiger partial charge on any atom is 0.338 e. The van der Waals surface area contributed by atoms with Crippen molar-refractivity contribution < 1.29 is 28.9 Å². The second kappa shape index (κ2) is 7.55. The van der Waals surface area contributed by atoms with Crippen LogP contribution in [0.25, 0.3) is 0 Å². The molecule has 7 nitrogen and oxygen atoms in total. The lowest BCUT2D eigenvalue weighted by Crippen LogP contribution is -2.76. The molecule has 1 aromatic carbocycles. The third-order valence-electron chi connectivity index (χ3n) is 11.3. The molecule has 194 valence electrons. The fraction of sp³-hybridized carbons (Fsp3) is 0.724. The number of esters is 2. The minimum Gasteiger partial charge on any atom is -0.462 e. The van der Waals surface area contributed by atoms with Gasteiger partial charge in [-0.2, -0.15) is 0 Å². The van der Waals surface area contributed by atoms with Gasteiger partial charge in [-0.3, -0.25) is 9.69 Å². The smallest absolute Gasteiger partial charge is 0.338 e. The van der Waals surface area contributed by atoms with Crippen molar-refractivity contribution in [3.05, 3.63) is 35.9 Å². The van der Waals surface area contributed by atoms with Gasteiger partial charge in [-0.15, -0.1) is 0 Å². The van der Waals surface area contributed by atoms with Crippen molar-refractivity contribution >= 4 is 11.9 Å². The molecule has 3 saturated heterocycles. The van der Waals surface area contributed by atoms with Crippen LogP contribution in [0.3, 0.4) is 0 Å². The fourth-order valence-corrected chi connectivity index (χ4v) is 10.5. The molecule has 7 heteroatoms. The molecular weight excluding hydrogens is 458 g/mol. The number of methoxy groups -OCH3 is 1. The molecule has 4 aliphatic carbocycles. The van der Waals surface area contributed by atoms with Crippen LogP contribution in [0, 0.1) is 34.5 Å². The van der Waals surface area contributed by atoms with Crippen LogP contribution in [-0.4, -0.2) is 72.1 Å². The Balaban J connectivity index is 1.46. The maximum atomic E-state index is 13.5. The van der Waals surface area contributed by atoms with Crippen molar-refractivity contribution in [2.75, 3.05) is 20.2 Å². The molecule has 36 heavy (non-hydrogen) atoms. The summed E-state index contributed by atoms with van der Waals surface area (Å²) in [6.45, 7) is 6.29. The normalized spacial score (nSPS) is 50.4. The van der Waals surface area contributed by atoms with E-state index in [0.717, 1.165) is 32.4 Å². The zero-order chi connectivity index (χ0) is 25.0. The lowest BCUT2D eigenvalue weighted by molar-refractivity contribution is -0.269. The molecule has 8 rings (SSSR count). The standard InChI is InChI=1S/C29H37NO6/c1-4-30-15-27(2)12-11-19(34-3)29-18-14-17-10-13-28(33,20(18)26(32)35-17)21(24(29)30)22(23(27)29)36-25(31)16-8-6-5-7-9-16/h5-9,17-24,33H,4,10-15H2,1-3H3/t17?,18-,19?,20-,21?,22-,23?,24?,27-,28-,29+/m1/s1. The van der Waals surface area contributed by atoms with E-state index in [-0.39, 0.29) is 58.8 Å². The highest BCUT2D eigenvalue weighted by molar-refractivity contribution is 5.89. The first-order valence-electron chi connectivity index (χ1n) is 13.8. The number of likely N-dealkylation sites (tertiary alicyclic amines) is 1. The molecule has 11 atom stereocenters. The number of nitrogens with zero attached hydrogens (tertiary/aromatic N) is 1. The Morgan fingerprint density at radius 3 is 2.72 bits per heavy atom. The fourth-order valence-electron chi connectivity index (χ4n) is 10.5. The summed E-state index contributed by atoms with van der Waals surface area (Å²) in [6.07, 6.45) is 3.10. The van der Waals surface area contributed by atoms with Gasteiger partial charge in [0, 0.05) is 36.9 Å². The summed E-state index contributed by atoms with van der Waals surface area (Å²) in [6, 6.07) is 9.13. The van der Waals surface area contributed by atoms with E-state index in [1.54, 1.807) is 19.2 Å². The number of ether oxygens (including phenoxy) is 3. The van der Waals surface area contributed by atoms with Crippen LogP contribution >= 0.6 is 0 Å². The van der Waals surface area contributed by atoms with Gasteiger partial charge in [0.25, 0.3) is 0 Å². The molecule has 5 unspecified atom stereocenters. The van der Waals surface area contributed by atoms with Gasteiger partial charge < -0.3 is 19.3 Å². The Bertz CT molecular complexity index is 1090. The Hall–Kier alpha value is -1.96. The summed E-state index contributed by atoms with van der Waals surface area (Å²) in [5.74, 6) is -1.62. The first kappa shape index (κ1) is 23.2. The van der Waals surface area contributed by atoms with E-state index in [9.17, 15) is 14.7 Å². The van der Waals surface area contributed by atoms with Gasteiger partial charge in [-0.05, 0) is 62.1 Å². The number of carbonyl (C=O) groups excluding carboxylic acids is 2. The van der Waals surface area contributed by atoms with E-state index in [2.05, 4.69) is 18.7 Å². The van der Waals surface area contributed by atoms with E-state index in [1.165, 1.54) is 0 Å². The number of piperidine rings is 1. The van der Waals surface area contributed by atoms with Crippen LogP contribution in [0.2, 0.25) is 0 Å². The third-order valence-corrected chi connectivity index (χ3v) is 11.3. The van der Waals surface area contributed by atoms with Crippen molar-refractivity contribution in [3.8, 4) is 0 Å². The zero-order valence-electron chi connectivity index (χ0n) is 21.4. The number of rotatable bonds is 4. The Kier molecular flexibility index (Phi) is 4.86. The van der Waals surface area contributed by atoms with Crippen LogP contribution in [0.5, 0.6) is 0 Å². The molecule has 7 aliphatic rings. The highest BCUT2D eigenvalue weighted by atomic mass is 16.6. The average Bonchev–Trinajstić information content (AvgIpc) is 2.92. The third kappa shape index (κ3) is 2.60. The van der Waals surface area contributed by atoms with Gasteiger partial charge in [0.05, 0.1) is 23.2 Å². The van der Waals surface area contributed by atoms with Gasteiger partial charge in [0.15, 0.2) is 0 Å². The summed E-state index contributed by atoms with van der Waals surface area (Å²) in [5.41, 5.74) is -1.23. The van der Waals surface area contributed by atoms with Gasteiger partial charge in [-0.1, -0.05) is 32.0 Å². The molecule has 1 N–H and O–H groups in total. The SMILES string of the molecule is CCN1C[C@@]2(C)CCC(OC)[C@]34C1C([C@@H](OC(=O)c1ccccc1)C23)[C@@]1(O)CCC2C[C@@H]4[C@@H]1C(=O)O2. The van der Waals surface area contributed by atoms with E-state index in [1.807, 2.05) is 18.2 Å². The van der Waals surface area contributed by atoms with Crippen LogP contribution in [0.4, 0.5) is 0 Å². The Morgan fingerprint density at radius 2 is 2.00 bits per heavy atom. The molecule has 1 aromatic rings. The van der Waals surface area contributed by atoms with Crippen LogP contribution in [-0.2, 0) is 19.0 Å². The molecular formula is C29H37NO6. The first-order valence-corrected chi connectivity index (χ1v) is 13.8. The van der Waals surface area contributed by atoms with E-state index < -0.39 is 17.6 Å². The topological polar surface area (TPSA) is 85.3 Å². The molecule has 0 radical (unpaired) electrons. The van der Waals surface area contributed by atoms with Crippen LogP contribution < -0.4 is 0 Å². The molecule has 9 bridgehead atoms. The second-order valence-electron chi connectivity index (χ2n) is 12.6. The molecule has 3 aliphatic heterocycles. The Morgan fingerprint density at radius 1 is 1.22 bits per heavy atom. The minimum absolute atomic E-state index is 0.00435. The van der Waals surface area contributed by atoms with E-state index in [4.69, 9.17) is 14.2 Å². The summed E-state index contributed by atoms with van der Waals surface area (Å²) in [7, 11) is 1.79. The monoisotopic (exact) mass is 495 g/mol. The molecule has 3 heterocycles. The number of aliphatic hydroxyl groups is 1. The van der Waals surface area contributed by atoms with Crippen molar-refractivity contribution in [1.82, 2.24) is 4.90 Å². The highest BCUT2D eigenvalue weighted by Crippen LogP contribution is 2.77. The summed E-state index contributed by atoms with van der Waals surface area (Å²) >= 11 is 0. The maximum absolute atomic E-state index is 13.5. The quantitative estimate of drug-likeness (QED) is 0.643. The predicted octanol–water partition coefficient (Wildman–Crippen LogP) is 3.05. The van der Waals surface area contributed by atoms with Gasteiger partial charge in [-0.25, -0.2) is 4.79 Å². The van der Waals surface area contributed by atoms with Crippen molar-refractivity contribution in [2.24, 2.45) is 34.5 Å². The molecule has 7 fully saturated rings. The number of fused-ring (bicyclic) bond motifs is 2. The predicted molar refractivity (Wildman–Crippen MR) is 130 cm³/mol. The van der Waals surface area contributed by atoms with Crippen molar-refractivity contribution in [3.63, 3.8) is 0 Å². The molecule has 0 amide bonds. The number of hydrogen-bond donors (Lipinski definition) is 1. The number of carbonyl (C=O) groups is 2. The average molecular weight is 496 g/mol. The van der Waals surface area contributed by atoms with Crippen LogP contribution in [0.1, 0.15) is 56.3 Å². The largest absolute Gasteiger partial charge is 0.462 e. The summed E-state index contributed by atoms with van der Waals surface area (Å²) in [4.78, 5) is 29.6. The first-order chi connectivity index (χ1) is 17.3. The van der Waals surface area contributed by atoms with Crippen molar-refractivity contribution in [1.29, 1.82) is 0 Å². The Labute approximate surface area is 212 Å². The summed E-state index contributed by atoms with van der Waals surface area (Å²) < 4.78 is 18.7. The van der Waals surface area contributed by atoms with E-state index >= 15 is 0 Å². The van der Waals surface area contributed by atoms with Crippen molar-refractivity contribution in [2.45, 2.75) is 75.9 Å². The van der Waals surface area contributed by atoms with Crippen LogP contribution in [0.15, 0.2) is 30.3 Å². The lowest BCUT2D eigenvalue weighted by Gasteiger charge is -2.69. The van der Waals surface area contributed by atoms with Gasteiger partial charge in [0.1, 0.15) is 12.2 Å². The zero-order valence-corrected chi connectivity index (χ0v) is 21.4. The molecule has 4 saturated carbocycles. The molecule has 0 aromatic heterocycles. The van der Waals surface area contributed by atoms with Gasteiger partial charge >= 0.3 is 11.9 Å². The number of benzene rings is 1. The highest BCUT2D eigenvalue weighted by Gasteiger charge is 2.85. The second-order valence-corrected chi connectivity index (χ2v) is 12.6. The van der Waals surface area contributed by atoms with E-state index in [0.29, 0.717) is 18.4 Å². The number of hydrogen-bond acceptors (Lipinski definition) is 7.